The molecule has 0 amide bonds. The molecule has 66 valence electrons. The molecule has 1 fully saturated rings. The number of hydrogen-bond donors (Lipinski definition) is 0. The maximum Gasteiger partial charge on any atom is 0.102 e. The third-order valence-corrected chi connectivity index (χ3v) is 2.19. The van der Waals surface area contributed by atoms with E-state index in [0.29, 0.717) is 12.6 Å². The fourth-order valence-corrected chi connectivity index (χ4v) is 1.47. The lowest BCUT2D eigenvalue weighted by Crippen LogP contribution is -2.45. The minimum atomic E-state index is -0.240. The zero-order chi connectivity index (χ0) is 8.10. The summed E-state index contributed by atoms with van der Waals surface area (Å²) < 4.78 is 17.3. The predicted molar refractivity (Wildman–Crippen MR) is 42.4 cm³/mol. The molecular formula is C8H16FNO. The van der Waals surface area contributed by atoms with Gasteiger partial charge in [-0.2, -0.15) is 0 Å². The summed E-state index contributed by atoms with van der Waals surface area (Å²) in [5, 5.41) is 0. The average molecular weight is 161 g/mol. The molecule has 0 aromatic heterocycles. The van der Waals surface area contributed by atoms with Crippen LogP contribution in [0.15, 0.2) is 0 Å². The second-order valence-electron chi connectivity index (χ2n) is 2.86. The molecule has 1 rings (SSSR count). The Morgan fingerprint density at radius 3 is 3.09 bits per heavy atom. The third-order valence-electron chi connectivity index (χ3n) is 2.19. The SMILES string of the molecule is CCC1COCCN1CCF. The van der Waals surface area contributed by atoms with Gasteiger partial charge in [-0.15, -0.1) is 0 Å². The molecule has 0 bridgehead atoms. The molecule has 0 spiro atoms. The summed E-state index contributed by atoms with van der Waals surface area (Å²) in [5.41, 5.74) is 0. The van der Waals surface area contributed by atoms with E-state index in [2.05, 4.69) is 11.8 Å². The Morgan fingerprint density at radius 2 is 2.45 bits per heavy atom. The lowest BCUT2D eigenvalue weighted by atomic mass is 10.2. The lowest BCUT2D eigenvalue weighted by Gasteiger charge is -2.34. The number of morpholine rings is 1. The normalized spacial score (nSPS) is 27.3. The van der Waals surface area contributed by atoms with Crippen molar-refractivity contribution in [3.05, 3.63) is 0 Å². The van der Waals surface area contributed by atoms with Crippen molar-refractivity contribution < 1.29 is 9.13 Å². The first kappa shape index (κ1) is 8.94. The molecule has 11 heavy (non-hydrogen) atoms. The molecule has 0 aliphatic carbocycles. The van der Waals surface area contributed by atoms with Gasteiger partial charge in [-0.25, -0.2) is 4.39 Å². The monoisotopic (exact) mass is 161 g/mol. The second kappa shape index (κ2) is 4.67. The smallest absolute Gasteiger partial charge is 0.102 e. The van der Waals surface area contributed by atoms with Crippen LogP contribution in [0.1, 0.15) is 13.3 Å². The zero-order valence-corrected chi connectivity index (χ0v) is 7.05. The molecular weight excluding hydrogens is 145 g/mol. The molecule has 1 atom stereocenters. The van der Waals surface area contributed by atoms with E-state index in [1.165, 1.54) is 0 Å². The van der Waals surface area contributed by atoms with Crippen LogP contribution in [0.3, 0.4) is 0 Å². The highest BCUT2D eigenvalue weighted by atomic mass is 19.1. The summed E-state index contributed by atoms with van der Waals surface area (Å²) in [6.07, 6.45) is 1.06. The molecule has 1 heterocycles. The maximum absolute atomic E-state index is 12.0. The average Bonchev–Trinajstić information content (AvgIpc) is 2.06. The number of alkyl halides is 1. The highest BCUT2D eigenvalue weighted by Gasteiger charge is 2.20. The largest absolute Gasteiger partial charge is 0.378 e. The Balaban J connectivity index is 2.31. The van der Waals surface area contributed by atoms with E-state index >= 15 is 0 Å². The maximum atomic E-state index is 12.0. The summed E-state index contributed by atoms with van der Waals surface area (Å²) in [6.45, 7) is 4.87. The highest BCUT2D eigenvalue weighted by molar-refractivity contribution is 4.73. The molecule has 1 aliphatic heterocycles. The van der Waals surface area contributed by atoms with Crippen molar-refractivity contribution in [2.75, 3.05) is 33.0 Å². The molecule has 3 heteroatoms. The fourth-order valence-electron chi connectivity index (χ4n) is 1.47. The van der Waals surface area contributed by atoms with Crippen LogP contribution in [0.25, 0.3) is 0 Å². The topological polar surface area (TPSA) is 12.5 Å². The summed E-state index contributed by atoms with van der Waals surface area (Å²) in [4.78, 5) is 2.17. The standard InChI is InChI=1S/C8H16FNO/c1-2-8-7-11-6-5-10(8)4-3-9/h8H,2-7H2,1H3. The molecule has 0 saturated carbocycles. The van der Waals surface area contributed by atoms with Crippen molar-refractivity contribution >= 4 is 0 Å². The minimum Gasteiger partial charge on any atom is -0.378 e. The van der Waals surface area contributed by atoms with Crippen molar-refractivity contribution in [1.82, 2.24) is 4.90 Å². The van der Waals surface area contributed by atoms with Crippen molar-refractivity contribution in [3.8, 4) is 0 Å². The van der Waals surface area contributed by atoms with Crippen molar-refractivity contribution in [1.29, 1.82) is 0 Å². The van der Waals surface area contributed by atoms with Gasteiger partial charge in [0.05, 0.1) is 13.2 Å². The first-order valence-corrected chi connectivity index (χ1v) is 4.26. The number of halogens is 1. The van der Waals surface area contributed by atoms with E-state index in [9.17, 15) is 4.39 Å². The first-order chi connectivity index (χ1) is 5.38. The Labute approximate surface area is 67.3 Å². The number of nitrogens with zero attached hydrogens (tertiary/aromatic N) is 1. The van der Waals surface area contributed by atoms with Gasteiger partial charge in [0.1, 0.15) is 6.67 Å². The highest BCUT2D eigenvalue weighted by Crippen LogP contribution is 2.09. The number of hydrogen-bond acceptors (Lipinski definition) is 2. The van der Waals surface area contributed by atoms with Gasteiger partial charge in [-0.05, 0) is 6.42 Å². The summed E-state index contributed by atoms with van der Waals surface area (Å²) >= 11 is 0. The van der Waals surface area contributed by atoms with Crippen LogP contribution < -0.4 is 0 Å². The molecule has 0 aromatic rings. The molecule has 1 aliphatic rings. The van der Waals surface area contributed by atoms with Gasteiger partial charge in [0.25, 0.3) is 0 Å². The van der Waals surface area contributed by atoms with Gasteiger partial charge in [0.15, 0.2) is 0 Å². The van der Waals surface area contributed by atoms with Crippen LogP contribution in [0.4, 0.5) is 4.39 Å². The van der Waals surface area contributed by atoms with Crippen LogP contribution in [-0.2, 0) is 4.74 Å². The minimum absolute atomic E-state index is 0.240. The third kappa shape index (κ3) is 2.42. The van der Waals surface area contributed by atoms with Crippen LogP contribution in [0, 0.1) is 0 Å². The Morgan fingerprint density at radius 1 is 1.64 bits per heavy atom. The Kier molecular flexibility index (Phi) is 3.80. The molecule has 1 unspecified atom stereocenters. The van der Waals surface area contributed by atoms with Crippen LogP contribution in [0.5, 0.6) is 0 Å². The first-order valence-electron chi connectivity index (χ1n) is 4.26. The van der Waals surface area contributed by atoms with Gasteiger partial charge in [-0.1, -0.05) is 6.92 Å². The number of rotatable bonds is 3. The van der Waals surface area contributed by atoms with E-state index in [1.807, 2.05) is 0 Å². The van der Waals surface area contributed by atoms with Gasteiger partial charge >= 0.3 is 0 Å². The molecule has 1 saturated heterocycles. The van der Waals surface area contributed by atoms with Gasteiger partial charge in [0, 0.05) is 19.1 Å². The Bertz CT molecular complexity index is 108. The van der Waals surface area contributed by atoms with Crippen LogP contribution >= 0.6 is 0 Å². The van der Waals surface area contributed by atoms with Gasteiger partial charge < -0.3 is 4.74 Å². The molecule has 0 N–H and O–H groups in total. The van der Waals surface area contributed by atoms with E-state index in [1.54, 1.807) is 0 Å². The summed E-state index contributed by atoms with van der Waals surface area (Å²) in [6, 6.07) is 0.444. The van der Waals surface area contributed by atoms with E-state index < -0.39 is 0 Å². The zero-order valence-electron chi connectivity index (χ0n) is 7.05. The van der Waals surface area contributed by atoms with Gasteiger partial charge in [-0.3, -0.25) is 4.90 Å². The lowest BCUT2D eigenvalue weighted by molar-refractivity contribution is -0.0106. The Hall–Kier alpha value is -0.150. The number of ether oxygens (including phenoxy) is 1. The van der Waals surface area contributed by atoms with E-state index in [4.69, 9.17) is 4.74 Å². The van der Waals surface area contributed by atoms with Gasteiger partial charge in [0.2, 0.25) is 0 Å². The quantitative estimate of drug-likeness (QED) is 0.614. The second-order valence-corrected chi connectivity index (χ2v) is 2.86. The molecule has 0 radical (unpaired) electrons. The summed E-state index contributed by atoms with van der Waals surface area (Å²) in [5.74, 6) is 0. The van der Waals surface area contributed by atoms with Crippen molar-refractivity contribution in [2.24, 2.45) is 0 Å². The molecule has 0 aromatic carbocycles. The van der Waals surface area contributed by atoms with Crippen LogP contribution in [-0.4, -0.2) is 43.9 Å². The van der Waals surface area contributed by atoms with Crippen molar-refractivity contribution in [2.45, 2.75) is 19.4 Å². The van der Waals surface area contributed by atoms with E-state index in [-0.39, 0.29) is 6.67 Å². The van der Waals surface area contributed by atoms with Crippen LogP contribution in [0.2, 0.25) is 0 Å². The van der Waals surface area contributed by atoms with Crippen molar-refractivity contribution in [3.63, 3.8) is 0 Å². The summed E-state index contributed by atoms with van der Waals surface area (Å²) in [7, 11) is 0. The predicted octanol–water partition coefficient (Wildman–Crippen LogP) is 1.07. The van der Waals surface area contributed by atoms with E-state index in [0.717, 1.165) is 26.2 Å². The molecule has 2 nitrogen and oxygen atoms in total. The fraction of sp³-hybridized carbons (Fsp3) is 1.00.